The average Bonchev–Trinajstić information content (AvgIpc) is 2.80. The van der Waals surface area contributed by atoms with Gasteiger partial charge in [-0.1, -0.05) is 52.7 Å². The molecule has 2 rings (SSSR count). The van der Waals surface area contributed by atoms with Crippen LogP contribution in [0.5, 0.6) is 0 Å². The summed E-state index contributed by atoms with van der Waals surface area (Å²) >= 11 is 3.42. The fourth-order valence-corrected chi connectivity index (χ4v) is 4.78. The molecule has 2 aromatic carbocycles. The second-order valence-corrected chi connectivity index (χ2v) is 11.7. The Hall–Kier alpha value is -2.39. The van der Waals surface area contributed by atoms with Crippen LogP contribution < -0.4 is 9.62 Å². The van der Waals surface area contributed by atoms with Crippen LogP contribution in [0.15, 0.2) is 53.0 Å². The lowest BCUT2D eigenvalue weighted by Crippen LogP contribution is -2.49. The van der Waals surface area contributed by atoms with E-state index in [4.69, 9.17) is 0 Å². The second kappa shape index (κ2) is 13.1. The molecule has 0 aliphatic heterocycles. The predicted molar refractivity (Wildman–Crippen MR) is 145 cm³/mol. The Bertz CT molecular complexity index is 1090. The predicted octanol–water partition coefficient (Wildman–Crippen LogP) is 4.64. The molecule has 0 aromatic heterocycles. The molecule has 2 amide bonds. The van der Waals surface area contributed by atoms with Gasteiger partial charge < -0.3 is 10.2 Å². The SMILES string of the molecule is CC[C@@H](C)NC(=O)[C@H](C)N(Cc1ccc(Br)cc1)C(=O)CCCN(c1ccc(C)cc1)S(C)(=O)=O. The van der Waals surface area contributed by atoms with Gasteiger partial charge in [0.25, 0.3) is 0 Å². The first-order valence-electron chi connectivity index (χ1n) is 11.8. The molecular weight excluding hydrogens is 530 g/mol. The molecule has 0 saturated heterocycles. The Morgan fingerprint density at radius 1 is 1.03 bits per heavy atom. The van der Waals surface area contributed by atoms with Crippen LogP contribution in [-0.4, -0.2) is 50.0 Å². The van der Waals surface area contributed by atoms with Crippen molar-refractivity contribution in [3.05, 3.63) is 64.1 Å². The molecule has 0 unspecified atom stereocenters. The fourth-order valence-electron chi connectivity index (χ4n) is 3.55. The number of hydrogen-bond donors (Lipinski definition) is 1. The third kappa shape index (κ3) is 8.96. The number of nitrogens with one attached hydrogen (secondary N) is 1. The van der Waals surface area contributed by atoms with Crippen LogP contribution in [0, 0.1) is 6.92 Å². The standard InChI is InChI=1S/C26H36BrN3O4S/c1-6-20(3)28-26(32)21(4)29(18-22-11-13-23(27)14-12-22)25(31)8-7-17-30(35(5,33)34)24-15-9-19(2)10-16-24/h9-16,20-21H,6-8,17-18H2,1-5H3,(H,28,32)/t20-,21+/m1/s1. The number of carbonyl (C=O) groups excluding carboxylic acids is 2. The van der Waals surface area contributed by atoms with Crippen molar-refractivity contribution in [2.45, 2.75) is 65.6 Å². The highest BCUT2D eigenvalue weighted by Crippen LogP contribution is 2.20. The van der Waals surface area contributed by atoms with E-state index in [9.17, 15) is 18.0 Å². The monoisotopic (exact) mass is 565 g/mol. The maximum Gasteiger partial charge on any atom is 0.242 e. The highest BCUT2D eigenvalue weighted by molar-refractivity contribution is 9.10. The topological polar surface area (TPSA) is 86.8 Å². The highest BCUT2D eigenvalue weighted by atomic mass is 79.9. The molecule has 0 aliphatic rings. The van der Waals surface area contributed by atoms with E-state index < -0.39 is 16.1 Å². The van der Waals surface area contributed by atoms with Crippen molar-refractivity contribution in [2.24, 2.45) is 0 Å². The van der Waals surface area contributed by atoms with Crippen LogP contribution in [0.1, 0.15) is 51.2 Å². The van der Waals surface area contributed by atoms with E-state index >= 15 is 0 Å². The van der Waals surface area contributed by atoms with Gasteiger partial charge in [0.05, 0.1) is 11.9 Å². The first-order chi connectivity index (χ1) is 16.4. The molecule has 0 fully saturated rings. The van der Waals surface area contributed by atoms with Gasteiger partial charge in [-0.05, 0) is 63.4 Å². The summed E-state index contributed by atoms with van der Waals surface area (Å²) in [4.78, 5) is 27.7. The number of anilines is 1. The van der Waals surface area contributed by atoms with E-state index in [0.717, 1.165) is 28.3 Å². The molecule has 35 heavy (non-hydrogen) atoms. The van der Waals surface area contributed by atoms with Crippen molar-refractivity contribution in [3.63, 3.8) is 0 Å². The largest absolute Gasteiger partial charge is 0.352 e. The second-order valence-electron chi connectivity index (χ2n) is 8.92. The Labute approximate surface area is 218 Å². The lowest BCUT2D eigenvalue weighted by Gasteiger charge is -2.30. The van der Waals surface area contributed by atoms with Gasteiger partial charge in [-0.3, -0.25) is 13.9 Å². The summed E-state index contributed by atoms with van der Waals surface area (Å²) < 4.78 is 27.0. The molecule has 0 spiro atoms. The first-order valence-corrected chi connectivity index (χ1v) is 14.4. The molecule has 192 valence electrons. The molecular formula is C26H36BrN3O4S. The zero-order chi connectivity index (χ0) is 26.2. The molecule has 0 radical (unpaired) electrons. The molecule has 2 aromatic rings. The molecule has 0 saturated carbocycles. The van der Waals surface area contributed by atoms with E-state index in [2.05, 4.69) is 21.2 Å². The number of nitrogens with zero attached hydrogens (tertiary/aromatic N) is 2. The normalized spacial score (nSPS) is 13.1. The van der Waals surface area contributed by atoms with Crippen LogP contribution in [0.2, 0.25) is 0 Å². The summed E-state index contributed by atoms with van der Waals surface area (Å²) in [5, 5.41) is 2.95. The Morgan fingerprint density at radius 3 is 2.17 bits per heavy atom. The van der Waals surface area contributed by atoms with Crippen molar-refractivity contribution in [1.29, 1.82) is 0 Å². The summed E-state index contributed by atoms with van der Waals surface area (Å²) in [6.45, 7) is 8.04. The summed E-state index contributed by atoms with van der Waals surface area (Å²) in [6, 6.07) is 14.2. The molecule has 0 heterocycles. The molecule has 9 heteroatoms. The number of carbonyl (C=O) groups is 2. The number of halogens is 1. The van der Waals surface area contributed by atoms with E-state index in [1.165, 1.54) is 4.31 Å². The lowest BCUT2D eigenvalue weighted by molar-refractivity contribution is -0.140. The van der Waals surface area contributed by atoms with E-state index in [1.807, 2.05) is 57.2 Å². The summed E-state index contributed by atoms with van der Waals surface area (Å²) in [6.07, 6.45) is 2.40. The number of sulfonamides is 1. The van der Waals surface area contributed by atoms with Crippen LogP contribution in [-0.2, 0) is 26.2 Å². The van der Waals surface area contributed by atoms with E-state index in [0.29, 0.717) is 12.1 Å². The average molecular weight is 567 g/mol. The smallest absolute Gasteiger partial charge is 0.242 e. The fraction of sp³-hybridized carbons (Fsp3) is 0.462. The van der Waals surface area contributed by atoms with Gasteiger partial charge in [-0.25, -0.2) is 8.42 Å². The van der Waals surface area contributed by atoms with Crippen molar-refractivity contribution < 1.29 is 18.0 Å². The molecule has 7 nitrogen and oxygen atoms in total. The third-order valence-electron chi connectivity index (χ3n) is 5.91. The van der Waals surface area contributed by atoms with Crippen molar-refractivity contribution in [2.75, 3.05) is 17.1 Å². The summed E-state index contributed by atoms with van der Waals surface area (Å²) in [5.41, 5.74) is 2.51. The summed E-state index contributed by atoms with van der Waals surface area (Å²) in [7, 11) is -3.51. The minimum absolute atomic E-state index is 0.00686. The zero-order valence-corrected chi connectivity index (χ0v) is 23.5. The van der Waals surface area contributed by atoms with Gasteiger partial charge >= 0.3 is 0 Å². The van der Waals surface area contributed by atoms with Crippen molar-refractivity contribution in [1.82, 2.24) is 10.2 Å². The van der Waals surface area contributed by atoms with Crippen LogP contribution in [0.4, 0.5) is 5.69 Å². The molecule has 0 aliphatic carbocycles. The van der Waals surface area contributed by atoms with E-state index in [1.54, 1.807) is 24.0 Å². The zero-order valence-electron chi connectivity index (χ0n) is 21.1. The first kappa shape index (κ1) is 28.8. The number of benzene rings is 2. The Balaban J connectivity index is 2.15. The lowest BCUT2D eigenvalue weighted by atomic mass is 10.1. The Morgan fingerprint density at radius 2 is 1.63 bits per heavy atom. The highest BCUT2D eigenvalue weighted by Gasteiger charge is 2.27. The van der Waals surface area contributed by atoms with Gasteiger partial charge in [0.2, 0.25) is 21.8 Å². The third-order valence-corrected chi connectivity index (χ3v) is 7.63. The summed E-state index contributed by atoms with van der Waals surface area (Å²) in [5.74, 6) is -0.403. The number of rotatable bonds is 12. The van der Waals surface area contributed by atoms with Crippen molar-refractivity contribution >= 4 is 43.5 Å². The Kier molecular flexibility index (Phi) is 10.8. The van der Waals surface area contributed by atoms with Crippen LogP contribution in [0.3, 0.4) is 0 Å². The molecule has 2 atom stereocenters. The van der Waals surface area contributed by atoms with Crippen LogP contribution in [0.25, 0.3) is 0 Å². The number of amides is 2. The van der Waals surface area contributed by atoms with Gasteiger partial charge in [-0.2, -0.15) is 0 Å². The number of aryl methyl sites for hydroxylation is 1. The van der Waals surface area contributed by atoms with Gasteiger partial charge in [0, 0.05) is 30.0 Å². The minimum atomic E-state index is -3.51. The number of hydrogen-bond acceptors (Lipinski definition) is 4. The maximum absolute atomic E-state index is 13.3. The van der Waals surface area contributed by atoms with Crippen molar-refractivity contribution in [3.8, 4) is 0 Å². The molecule has 1 N–H and O–H groups in total. The van der Waals surface area contributed by atoms with Gasteiger partial charge in [-0.15, -0.1) is 0 Å². The van der Waals surface area contributed by atoms with Gasteiger partial charge in [0.15, 0.2) is 0 Å². The quantitative estimate of drug-likeness (QED) is 0.406. The van der Waals surface area contributed by atoms with Crippen LogP contribution >= 0.6 is 15.9 Å². The minimum Gasteiger partial charge on any atom is -0.352 e. The van der Waals surface area contributed by atoms with Gasteiger partial charge in [0.1, 0.15) is 6.04 Å². The maximum atomic E-state index is 13.3. The molecule has 0 bridgehead atoms. The van der Waals surface area contributed by atoms with E-state index in [-0.39, 0.29) is 37.4 Å².